The van der Waals surface area contributed by atoms with Crippen LogP contribution >= 0.6 is 0 Å². The van der Waals surface area contributed by atoms with Gasteiger partial charge >= 0.3 is 0 Å². The maximum atomic E-state index is 3.86. The summed E-state index contributed by atoms with van der Waals surface area (Å²) in [6.45, 7) is 0. The minimum absolute atomic E-state index is 0.0601. The lowest BCUT2D eigenvalue weighted by molar-refractivity contribution is 0.805. The average Bonchev–Trinajstić information content (AvgIpc) is 3.29. The van der Waals surface area contributed by atoms with Crippen LogP contribution in [0, 0.1) is 0 Å². The largest absolute Gasteiger partial charge is 0.375 e. The Bertz CT molecular complexity index is 1080. The lowest BCUT2D eigenvalue weighted by Crippen LogP contribution is -2.24. The lowest BCUT2D eigenvalue weighted by atomic mass is 9.86. The van der Waals surface area contributed by atoms with Gasteiger partial charge in [-0.1, -0.05) is 91.0 Å². The summed E-state index contributed by atoms with van der Waals surface area (Å²) in [7, 11) is 0. The van der Waals surface area contributed by atoms with Crippen molar-refractivity contribution in [1.29, 1.82) is 0 Å². The van der Waals surface area contributed by atoms with Crippen LogP contribution in [0.3, 0.4) is 0 Å². The Balaban J connectivity index is 1.42. The Hall–Kier alpha value is -3.06. The summed E-state index contributed by atoms with van der Waals surface area (Å²) in [5.74, 6) is 0. The number of anilines is 1. The monoisotopic (exact) mass is 333 g/mol. The Kier molecular flexibility index (Phi) is 2.59. The highest BCUT2D eigenvalue weighted by Gasteiger charge is 2.71. The fraction of sp³-hybridized carbons (Fsp3) is 0.120. The molecule has 0 spiro atoms. The van der Waals surface area contributed by atoms with Gasteiger partial charge in [0, 0.05) is 11.1 Å². The summed E-state index contributed by atoms with van der Waals surface area (Å²) < 4.78 is 0. The van der Waals surface area contributed by atoms with Crippen LogP contribution in [-0.4, -0.2) is 5.54 Å². The normalized spacial score (nSPS) is 27.0. The fourth-order valence-corrected chi connectivity index (χ4v) is 4.84. The average molecular weight is 333 g/mol. The van der Waals surface area contributed by atoms with Crippen LogP contribution in [-0.2, 0) is 5.41 Å². The quantitative estimate of drug-likeness (QED) is 0.624. The van der Waals surface area contributed by atoms with E-state index in [2.05, 4.69) is 102 Å². The zero-order chi connectivity index (χ0) is 17.2. The van der Waals surface area contributed by atoms with E-state index in [1.165, 1.54) is 33.5 Å². The summed E-state index contributed by atoms with van der Waals surface area (Å²) in [4.78, 5) is 0. The molecule has 0 amide bonds. The lowest BCUT2D eigenvalue weighted by Gasteiger charge is -2.19. The van der Waals surface area contributed by atoms with Crippen LogP contribution in [0.25, 0.3) is 16.7 Å². The van der Waals surface area contributed by atoms with E-state index in [9.17, 15) is 0 Å². The number of fused-ring (bicyclic) bond motifs is 1. The van der Waals surface area contributed by atoms with Gasteiger partial charge in [0.2, 0.25) is 0 Å². The van der Waals surface area contributed by atoms with Crippen molar-refractivity contribution in [2.75, 3.05) is 5.32 Å². The van der Waals surface area contributed by atoms with Crippen molar-refractivity contribution in [3.05, 3.63) is 108 Å². The molecule has 1 N–H and O–H groups in total. The number of benzene rings is 3. The first-order valence-electron chi connectivity index (χ1n) is 9.25. The zero-order valence-electron chi connectivity index (χ0n) is 14.4. The van der Waals surface area contributed by atoms with Crippen molar-refractivity contribution < 1.29 is 0 Å². The van der Waals surface area contributed by atoms with Crippen LogP contribution in [0.15, 0.2) is 97.1 Å². The van der Waals surface area contributed by atoms with E-state index < -0.39 is 0 Å². The van der Waals surface area contributed by atoms with E-state index in [1.54, 1.807) is 0 Å². The van der Waals surface area contributed by atoms with E-state index in [0.717, 1.165) is 6.42 Å². The minimum atomic E-state index is 0.0601. The molecule has 1 fully saturated rings. The number of hydrogen-bond donors (Lipinski definition) is 1. The molecule has 1 saturated carbocycles. The Morgan fingerprint density at radius 2 is 1.46 bits per heavy atom. The molecule has 26 heavy (non-hydrogen) atoms. The van der Waals surface area contributed by atoms with Gasteiger partial charge in [0.1, 0.15) is 0 Å². The number of nitrogens with one attached hydrogen (secondary N) is 1. The Labute approximate surface area is 153 Å². The Morgan fingerprint density at radius 3 is 2.23 bits per heavy atom. The van der Waals surface area contributed by atoms with Gasteiger partial charge in [-0.05, 0) is 40.3 Å². The van der Waals surface area contributed by atoms with Crippen molar-refractivity contribution in [2.45, 2.75) is 17.4 Å². The maximum Gasteiger partial charge on any atom is 0.0710 e. The number of hydrogen-bond acceptors (Lipinski definition) is 1. The zero-order valence-corrected chi connectivity index (χ0v) is 14.4. The van der Waals surface area contributed by atoms with Crippen molar-refractivity contribution >= 4 is 11.3 Å². The van der Waals surface area contributed by atoms with Crippen LogP contribution in [0.1, 0.15) is 17.5 Å². The second-order valence-electron chi connectivity index (χ2n) is 7.67. The third kappa shape index (κ3) is 1.75. The highest BCUT2D eigenvalue weighted by Crippen LogP contribution is 2.69. The van der Waals surface area contributed by atoms with Crippen LogP contribution < -0.4 is 5.32 Å². The summed E-state index contributed by atoms with van der Waals surface area (Å²) in [5, 5.41) is 3.86. The molecule has 3 aromatic rings. The molecule has 2 unspecified atom stereocenters. The first kappa shape index (κ1) is 14.1. The topological polar surface area (TPSA) is 12.0 Å². The molecule has 1 heteroatoms. The van der Waals surface area contributed by atoms with Crippen molar-refractivity contribution in [2.24, 2.45) is 0 Å². The summed E-state index contributed by atoms with van der Waals surface area (Å²) in [6, 6.07) is 28.2. The van der Waals surface area contributed by atoms with E-state index >= 15 is 0 Å². The molecule has 0 saturated heterocycles. The molecule has 0 aromatic heterocycles. The molecule has 2 atom stereocenters. The van der Waals surface area contributed by atoms with Crippen LogP contribution in [0.4, 0.5) is 5.69 Å². The predicted octanol–water partition coefficient (Wildman–Crippen LogP) is 5.81. The van der Waals surface area contributed by atoms with Crippen molar-refractivity contribution in [1.82, 2.24) is 0 Å². The van der Waals surface area contributed by atoms with Gasteiger partial charge in [0.05, 0.1) is 5.54 Å². The smallest absolute Gasteiger partial charge is 0.0710 e. The summed E-state index contributed by atoms with van der Waals surface area (Å²) in [5.41, 5.74) is 8.10. The molecule has 1 heterocycles. The van der Waals surface area contributed by atoms with Crippen LogP contribution in [0.2, 0.25) is 0 Å². The van der Waals surface area contributed by atoms with E-state index in [1.807, 2.05) is 0 Å². The maximum absolute atomic E-state index is 3.86. The molecule has 0 radical (unpaired) electrons. The molecule has 3 aliphatic rings. The first-order valence-corrected chi connectivity index (χ1v) is 9.25. The molecule has 1 nitrogen and oxygen atoms in total. The third-order valence-electron chi connectivity index (χ3n) is 6.25. The summed E-state index contributed by atoms with van der Waals surface area (Å²) >= 11 is 0. The van der Waals surface area contributed by atoms with E-state index in [4.69, 9.17) is 0 Å². The van der Waals surface area contributed by atoms with Gasteiger partial charge in [-0.2, -0.15) is 0 Å². The third-order valence-corrected chi connectivity index (χ3v) is 6.25. The second-order valence-corrected chi connectivity index (χ2v) is 7.67. The van der Waals surface area contributed by atoms with Gasteiger partial charge in [0.25, 0.3) is 0 Å². The van der Waals surface area contributed by atoms with E-state index in [-0.39, 0.29) is 11.0 Å². The van der Waals surface area contributed by atoms with Crippen molar-refractivity contribution in [3.63, 3.8) is 0 Å². The predicted molar refractivity (Wildman–Crippen MR) is 108 cm³/mol. The first-order chi connectivity index (χ1) is 12.8. The second kappa shape index (κ2) is 4.76. The SMILES string of the molecule is C1=CC23CC2(C=C1c1ccccc1)Nc1cc(-c2ccccc2)ccc13. The van der Waals surface area contributed by atoms with E-state index in [0.29, 0.717) is 0 Å². The van der Waals surface area contributed by atoms with Gasteiger partial charge in [0.15, 0.2) is 0 Å². The molecule has 1 aliphatic heterocycles. The molecule has 2 aliphatic carbocycles. The highest BCUT2D eigenvalue weighted by atomic mass is 15.1. The fourth-order valence-electron chi connectivity index (χ4n) is 4.84. The van der Waals surface area contributed by atoms with Gasteiger partial charge in [-0.3, -0.25) is 0 Å². The van der Waals surface area contributed by atoms with Crippen LogP contribution in [0.5, 0.6) is 0 Å². The molecule has 3 aromatic carbocycles. The Morgan fingerprint density at radius 1 is 0.731 bits per heavy atom. The molecule has 6 rings (SSSR count). The number of allylic oxidation sites excluding steroid dienone is 2. The molecule has 124 valence electrons. The molecule has 0 bridgehead atoms. The van der Waals surface area contributed by atoms with Gasteiger partial charge in [-0.15, -0.1) is 0 Å². The summed E-state index contributed by atoms with van der Waals surface area (Å²) in [6.07, 6.45) is 8.34. The standard InChI is InChI=1S/C25H19N/c1-3-7-18(8-4-1)20-11-12-22-23(15-20)26-25-16-21(13-14-24(22,25)17-25)19-9-5-2-6-10-19/h1-16,26H,17H2. The minimum Gasteiger partial charge on any atom is -0.375 e. The van der Waals surface area contributed by atoms with Gasteiger partial charge in [-0.25, -0.2) is 0 Å². The molecular formula is C25H19N. The highest BCUT2D eigenvalue weighted by molar-refractivity contribution is 5.87. The molecular weight excluding hydrogens is 314 g/mol. The number of rotatable bonds is 2. The van der Waals surface area contributed by atoms with Gasteiger partial charge < -0.3 is 5.32 Å². The van der Waals surface area contributed by atoms with Crippen molar-refractivity contribution in [3.8, 4) is 11.1 Å².